The quantitative estimate of drug-likeness (QED) is 0.714. The largest absolute Gasteiger partial charge is 0.379 e. The Morgan fingerprint density at radius 2 is 2.00 bits per heavy atom. The number of nitrogens with one attached hydrogen (secondary N) is 1. The number of H-pyrrole nitrogens is 1. The third kappa shape index (κ3) is 3.35. The molecule has 0 saturated carbocycles. The normalized spacial score (nSPS) is 15.2. The molecule has 0 aliphatic carbocycles. The number of aromatic nitrogens is 4. The second-order valence-corrected chi connectivity index (χ2v) is 5.95. The molecule has 1 aromatic carbocycles. The molecular weight excluding hydrogens is 338 g/mol. The van der Waals surface area contributed by atoms with Crippen LogP contribution in [-0.4, -0.2) is 57.1 Å². The van der Waals surface area contributed by atoms with Gasteiger partial charge < -0.3 is 14.6 Å². The van der Waals surface area contributed by atoms with E-state index in [1.807, 2.05) is 12.1 Å². The number of benzene rings is 1. The molecule has 3 heterocycles. The third-order valence-electron chi connectivity index (χ3n) is 4.21. The first kappa shape index (κ1) is 16.4. The first-order valence-electron chi connectivity index (χ1n) is 8.24. The molecule has 9 heteroatoms. The standard InChI is InChI=1S/C17H17N5O4/c23-16-14-9-20-22(15(14)18-11-19-16)26-17(24)13-3-1-12(2-4-13)10-21-5-7-25-8-6-21/h1-4,9,11H,5-8,10H2,(H,18,19,23). The predicted molar refractivity (Wildman–Crippen MR) is 91.6 cm³/mol. The van der Waals surface area contributed by atoms with Crippen molar-refractivity contribution in [1.29, 1.82) is 0 Å². The van der Waals surface area contributed by atoms with Crippen molar-refractivity contribution >= 4 is 17.0 Å². The third-order valence-corrected chi connectivity index (χ3v) is 4.21. The average molecular weight is 355 g/mol. The van der Waals surface area contributed by atoms with Crippen LogP contribution in [0.15, 0.2) is 41.6 Å². The van der Waals surface area contributed by atoms with E-state index in [0.717, 1.165) is 43.3 Å². The minimum Gasteiger partial charge on any atom is -0.379 e. The van der Waals surface area contributed by atoms with Gasteiger partial charge in [0.2, 0.25) is 5.65 Å². The molecule has 2 aromatic heterocycles. The van der Waals surface area contributed by atoms with Crippen molar-refractivity contribution in [2.75, 3.05) is 26.3 Å². The highest BCUT2D eigenvalue weighted by Crippen LogP contribution is 2.10. The molecule has 26 heavy (non-hydrogen) atoms. The summed E-state index contributed by atoms with van der Waals surface area (Å²) >= 11 is 0. The first-order chi connectivity index (χ1) is 12.7. The van der Waals surface area contributed by atoms with E-state index < -0.39 is 5.97 Å². The highest BCUT2D eigenvalue weighted by Gasteiger charge is 2.15. The Morgan fingerprint density at radius 1 is 1.23 bits per heavy atom. The van der Waals surface area contributed by atoms with Crippen molar-refractivity contribution in [1.82, 2.24) is 24.8 Å². The number of hydrogen-bond acceptors (Lipinski definition) is 7. The number of nitrogens with zero attached hydrogens (tertiary/aromatic N) is 4. The maximum atomic E-state index is 12.3. The van der Waals surface area contributed by atoms with Gasteiger partial charge in [-0.15, -0.1) is 5.10 Å². The molecule has 9 nitrogen and oxygen atoms in total. The average Bonchev–Trinajstić information content (AvgIpc) is 3.07. The molecule has 3 aromatic rings. The molecule has 1 fully saturated rings. The van der Waals surface area contributed by atoms with E-state index in [1.165, 1.54) is 12.5 Å². The summed E-state index contributed by atoms with van der Waals surface area (Å²) < 4.78 is 5.34. The Hall–Kier alpha value is -3.04. The summed E-state index contributed by atoms with van der Waals surface area (Å²) in [5.74, 6) is -0.574. The number of carbonyl (C=O) groups excluding carboxylic acids is 1. The van der Waals surface area contributed by atoms with Crippen LogP contribution in [0.2, 0.25) is 0 Å². The smallest absolute Gasteiger partial charge is 0.365 e. The molecule has 1 aliphatic heterocycles. The molecule has 4 rings (SSSR count). The van der Waals surface area contributed by atoms with E-state index in [2.05, 4.69) is 20.0 Å². The van der Waals surface area contributed by atoms with Crippen molar-refractivity contribution < 1.29 is 14.4 Å². The lowest BCUT2D eigenvalue weighted by atomic mass is 10.1. The highest BCUT2D eigenvalue weighted by atomic mass is 16.7. The predicted octanol–water partition coefficient (Wildman–Crippen LogP) is 0.221. The van der Waals surface area contributed by atoms with Gasteiger partial charge in [-0.2, -0.15) is 0 Å². The molecule has 0 amide bonds. The number of ether oxygens (including phenoxy) is 1. The van der Waals surface area contributed by atoms with Crippen LogP contribution >= 0.6 is 0 Å². The van der Waals surface area contributed by atoms with Gasteiger partial charge in [0.25, 0.3) is 5.56 Å². The van der Waals surface area contributed by atoms with Crippen molar-refractivity contribution in [2.24, 2.45) is 0 Å². The molecule has 0 unspecified atom stereocenters. The fourth-order valence-corrected chi connectivity index (χ4v) is 2.80. The summed E-state index contributed by atoms with van der Waals surface area (Å²) in [7, 11) is 0. The number of rotatable bonds is 4. The summed E-state index contributed by atoms with van der Waals surface area (Å²) in [6, 6.07) is 7.22. The van der Waals surface area contributed by atoms with Crippen LogP contribution in [0.4, 0.5) is 0 Å². The topological polar surface area (TPSA) is 102 Å². The summed E-state index contributed by atoms with van der Waals surface area (Å²) in [4.78, 5) is 38.9. The Kier molecular flexibility index (Phi) is 4.46. The first-order valence-corrected chi connectivity index (χ1v) is 8.24. The summed E-state index contributed by atoms with van der Waals surface area (Å²) in [5.41, 5.74) is 1.35. The maximum absolute atomic E-state index is 12.3. The molecule has 0 bridgehead atoms. The summed E-state index contributed by atoms with van der Waals surface area (Å²) in [6.45, 7) is 4.12. The van der Waals surface area contributed by atoms with Crippen molar-refractivity contribution in [2.45, 2.75) is 6.54 Å². The van der Waals surface area contributed by atoms with Crippen LogP contribution in [-0.2, 0) is 11.3 Å². The van der Waals surface area contributed by atoms with Gasteiger partial charge in [-0.1, -0.05) is 17.0 Å². The van der Waals surface area contributed by atoms with Crippen LogP contribution in [0.25, 0.3) is 11.0 Å². The van der Waals surface area contributed by atoms with Crippen LogP contribution in [0.5, 0.6) is 0 Å². The molecule has 1 N–H and O–H groups in total. The molecule has 1 aliphatic rings. The van der Waals surface area contributed by atoms with Crippen molar-refractivity contribution in [3.8, 4) is 0 Å². The van der Waals surface area contributed by atoms with Gasteiger partial charge >= 0.3 is 5.97 Å². The minimum atomic E-state index is -0.574. The Bertz CT molecular complexity index is 973. The molecule has 134 valence electrons. The molecule has 0 atom stereocenters. The molecule has 0 radical (unpaired) electrons. The summed E-state index contributed by atoms with van der Waals surface area (Å²) in [5, 5.41) is 4.14. The zero-order valence-electron chi connectivity index (χ0n) is 13.9. The fourth-order valence-electron chi connectivity index (χ4n) is 2.80. The van der Waals surface area contributed by atoms with Gasteiger partial charge in [0.1, 0.15) is 5.39 Å². The number of aromatic amines is 1. The SMILES string of the molecule is O=C(On1ncc2c(=O)[nH]cnc21)c1ccc(CN2CCOCC2)cc1. The second-order valence-electron chi connectivity index (χ2n) is 5.95. The van der Waals surface area contributed by atoms with Gasteiger partial charge in [0.05, 0.1) is 31.3 Å². The zero-order valence-corrected chi connectivity index (χ0v) is 13.9. The van der Waals surface area contributed by atoms with Crippen molar-refractivity contribution in [3.63, 3.8) is 0 Å². The Labute approximate surface area is 148 Å². The highest BCUT2D eigenvalue weighted by molar-refractivity contribution is 5.90. The molecular formula is C17H17N5O4. The van der Waals surface area contributed by atoms with Crippen LogP contribution in [0.1, 0.15) is 15.9 Å². The zero-order chi connectivity index (χ0) is 17.9. The van der Waals surface area contributed by atoms with E-state index in [-0.39, 0.29) is 16.6 Å². The Morgan fingerprint density at radius 3 is 2.77 bits per heavy atom. The van der Waals surface area contributed by atoms with Gasteiger partial charge in [0.15, 0.2) is 0 Å². The minimum absolute atomic E-state index is 0.186. The molecule has 0 spiro atoms. The van der Waals surface area contributed by atoms with Crippen LogP contribution < -0.4 is 10.4 Å². The monoisotopic (exact) mass is 355 g/mol. The van der Waals surface area contributed by atoms with Gasteiger partial charge in [-0.3, -0.25) is 9.69 Å². The Balaban J connectivity index is 1.46. The van der Waals surface area contributed by atoms with Crippen LogP contribution in [0, 0.1) is 0 Å². The van der Waals surface area contributed by atoms with E-state index >= 15 is 0 Å². The van der Waals surface area contributed by atoms with Gasteiger partial charge in [-0.05, 0) is 17.7 Å². The summed E-state index contributed by atoms with van der Waals surface area (Å²) in [6.07, 6.45) is 2.54. The maximum Gasteiger partial charge on any atom is 0.365 e. The van der Waals surface area contributed by atoms with E-state index in [1.54, 1.807) is 12.1 Å². The second kappa shape index (κ2) is 7.06. The lowest BCUT2D eigenvalue weighted by molar-refractivity contribution is 0.0342. The van der Waals surface area contributed by atoms with Crippen molar-refractivity contribution in [3.05, 3.63) is 58.3 Å². The lowest BCUT2D eigenvalue weighted by Crippen LogP contribution is -2.35. The van der Waals surface area contributed by atoms with E-state index in [4.69, 9.17) is 9.57 Å². The van der Waals surface area contributed by atoms with Crippen LogP contribution in [0.3, 0.4) is 0 Å². The number of hydrogen-bond donors (Lipinski definition) is 1. The number of fused-ring (bicyclic) bond motifs is 1. The van der Waals surface area contributed by atoms with Gasteiger partial charge in [-0.25, -0.2) is 9.78 Å². The van der Waals surface area contributed by atoms with E-state index in [0.29, 0.717) is 5.56 Å². The lowest BCUT2D eigenvalue weighted by Gasteiger charge is -2.26. The number of carbonyl (C=O) groups is 1. The fraction of sp³-hybridized carbons (Fsp3) is 0.294. The molecule has 1 saturated heterocycles. The van der Waals surface area contributed by atoms with E-state index in [9.17, 15) is 9.59 Å². The van der Waals surface area contributed by atoms with Gasteiger partial charge in [0, 0.05) is 19.6 Å². The number of morpholine rings is 1.